The molecule has 0 radical (unpaired) electrons. The second-order valence-corrected chi connectivity index (χ2v) is 5.17. The third-order valence-corrected chi connectivity index (χ3v) is 3.52. The number of hydrogen-bond acceptors (Lipinski definition) is 3. The van der Waals surface area contributed by atoms with Crippen LogP contribution in [-0.2, 0) is 9.59 Å². The molecule has 5 heteroatoms. The summed E-state index contributed by atoms with van der Waals surface area (Å²) >= 11 is 0. The molecule has 0 heterocycles. The number of hydrogen-bond donors (Lipinski definition) is 3. The summed E-state index contributed by atoms with van der Waals surface area (Å²) in [6, 6.07) is 8.74. The highest BCUT2D eigenvalue weighted by Gasteiger charge is 2.28. The van der Waals surface area contributed by atoms with Crippen molar-refractivity contribution >= 4 is 17.5 Å². The summed E-state index contributed by atoms with van der Waals surface area (Å²) in [4.78, 5) is 23.3. The minimum atomic E-state index is -1.03. The second-order valence-electron chi connectivity index (χ2n) is 5.17. The van der Waals surface area contributed by atoms with Gasteiger partial charge in [-0.2, -0.15) is 0 Å². The van der Waals surface area contributed by atoms with E-state index in [-0.39, 0.29) is 12.5 Å². The van der Waals surface area contributed by atoms with Gasteiger partial charge in [0.15, 0.2) is 0 Å². The Morgan fingerprint density at radius 2 is 1.85 bits per heavy atom. The molecule has 0 saturated carbocycles. The van der Waals surface area contributed by atoms with Crippen LogP contribution in [0.4, 0.5) is 5.69 Å². The first kappa shape index (κ1) is 16.2. The molecule has 1 aromatic rings. The maximum atomic E-state index is 11.7. The van der Waals surface area contributed by atoms with Crippen LogP contribution in [0.1, 0.15) is 27.2 Å². The van der Waals surface area contributed by atoms with Gasteiger partial charge in [-0.1, -0.05) is 38.5 Å². The van der Waals surface area contributed by atoms with Crippen LogP contribution >= 0.6 is 0 Å². The highest BCUT2D eigenvalue weighted by molar-refractivity contribution is 6.39. The van der Waals surface area contributed by atoms with E-state index in [9.17, 15) is 14.7 Å². The molecule has 1 aromatic carbocycles. The van der Waals surface area contributed by atoms with Gasteiger partial charge in [0.1, 0.15) is 0 Å². The largest absolute Gasteiger partial charge is 0.388 e. The molecule has 0 aliphatic heterocycles. The zero-order valence-electron chi connectivity index (χ0n) is 12.1. The van der Waals surface area contributed by atoms with Crippen molar-refractivity contribution in [2.24, 2.45) is 5.92 Å². The highest BCUT2D eigenvalue weighted by atomic mass is 16.3. The van der Waals surface area contributed by atoms with E-state index in [0.717, 1.165) is 6.42 Å². The Balaban J connectivity index is 2.49. The van der Waals surface area contributed by atoms with Gasteiger partial charge in [0.05, 0.1) is 5.60 Å². The highest BCUT2D eigenvalue weighted by Crippen LogP contribution is 2.18. The summed E-state index contributed by atoms with van der Waals surface area (Å²) in [5, 5.41) is 15.1. The molecule has 0 aliphatic rings. The van der Waals surface area contributed by atoms with Crippen molar-refractivity contribution in [1.29, 1.82) is 0 Å². The topological polar surface area (TPSA) is 78.4 Å². The van der Waals surface area contributed by atoms with E-state index < -0.39 is 17.4 Å². The van der Waals surface area contributed by atoms with Crippen molar-refractivity contribution < 1.29 is 14.7 Å². The first-order chi connectivity index (χ1) is 9.36. The maximum absolute atomic E-state index is 11.7. The molecule has 0 unspecified atom stereocenters. The van der Waals surface area contributed by atoms with Gasteiger partial charge < -0.3 is 15.7 Å². The summed E-state index contributed by atoms with van der Waals surface area (Å²) in [7, 11) is 0. The lowest BCUT2D eigenvalue weighted by Gasteiger charge is -2.29. The molecule has 0 saturated heterocycles. The van der Waals surface area contributed by atoms with Crippen LogP contribution in [0.5, 0.6) is 0 Å². The molecule has 2 amide bonds. The first-order valence-electron chi connectivity index (χ1n) is 6.73. The third kappa shape index (κ3) is 4.66. The Kier molecular flexibility index (Phi) is 5.70. The number of anilines is 1. The Hall–Kier alpha value is -1.88. The smallest absolute Gasteiger partial charge is 0.313 e. The SMILES string of the molecule is CC[C@@H](C)[C@@](C)(O)CNC(=O)C(=O)Nc1ccccc1. The summed E-state index contributed by atoms with van der Waals surface area (Å²) < 4.78 is 0. The fourth-order valence-corrected chi connectivity index (χ4v) is 1.66. The number of carbonyl (C=O) groups is 2. The Labute approximate surface area is 119 Å². The molecular weight excluding hydrogens is 256 g/mol. The predicted molar refractivity (Wildman–Crippen MR) is 78.2 cm³/mol. The third-order valence-electron chi connectivity index (χ3n) is 3.52. The van der Waals surface area contributed by atoms with Crippen LogP contribution in [0.3, 0.4) is 0 Å². The van der Waals surface area contributed by atoms with Crippen molar-refractivity contribution in [1.82, 2.24) is 5.32 Å². The lowest BCUT2D eigenvalue weighted by atomic mass is 9.89. The average molecular weight is 278 g/mol. The molecule has 0 bridgehead atoms. The number of carbonyl (C=O) groups excluding carboxylic acids is 2. The molecule has 2 atom stereocenters. The summed E-state index contributed by atoms with van der Waals surface area (Å²) in [6.45, 7) is 5.55. The van der Waals surface area contributed by atoms with Crippen molar-refractivity contribution in [2.75, 3.05) is 11.9 Å². The summed E-state index contributed by atoms with van der Waals surface area (Å²) in [6.07, 6.45) is 0.791. The average Bonchev–Trinajstić information content (AvgIpc) is 2.44. The monoisotopic (exact) mass is 278 g/mol. The summed E-state index contributed by atoms with van der Waals surface area (Å²) in [5.74, 6) is -1.46. The van der Waals surface area contributed by atoms with E-state index in [1.807, 2.05) is 19.9 Å². The number of para-hydroxylation sites is 1. The van der Waals surface area contributed by atoms with E-state index in [1.54, 1.807) is 31.2 Å². The van der Waals surface area contributed by atoms with E-state index in [0.29, 0.717) is 5.69 Å². The van der Waals surface area contributed by atoms with Crippen LogP contribution in [0.25, 0.3) is 0 Å². The first-order valence-corrected chi connectivity index (χ1v) is 6.73. The molecule has 0 spiro atoms. The van der Waals surface area contributed by atoms with Gasteiger partial charge in [-0.25, -0.2) is 0 Å². The molecule has 5 nitrogen and oxygen atoms in total. The van der Waals surface area contributed by atoms with E-state index in [4.69, 9.17) is 0 Å². The number of rotatable bonds is 5. The molecule has 1 rings (SSSR count). The quantitative estimate of drug-likeness (QED) is 0.715. The molecule has 20 heavy (non-hydrogen) atoms. The molecule has 0 aromatic heterocycles. The Bertz CT molecular complexity index is 457. The molecule has 3 N–H and O–H groups in total. The van der Waals surface area contributed by atoms with E-state index in [2.05, 4.69) is 10.6 Å². The van der Waals surface area contributed by atoms with Gasteiger partial charge in [-0.3, -0.25) is 9.59 Å². The van der Waals surface area contributed by atoms with Crippen LogP contribution in [0.15, 0.2) is 30.3 Å². The Morgan fingerprint density at radius 3 is 2.40 bits per heavy atom. The molecule has 110 valence electrons. The van der Waals surface area contributed by atoms with Gasteiger partial charge >= 0.3 is 11.8 Å². The van der Waals surface area contributed by atoms with Crippen LogP contribution in [0.2, 0.25) is 0 Å². The van der Waals surface area contributed by atoms with Crippen LogP contribution in [-0.4, -0.2) is 29.1 Å². The maximum Gasteiger partial charge on any atom is 0.313 e. The second kappa shape index (κ2) is 7.05. The number of nitrogens with one attached hydrogen (secondary N) is 2. The fourth-order valence-electron chi connectivity index (χ4n) is 1.66. The van der Waals surface area contributed by atoms with Crippen LogP contribution in [0, 0.1) is 5.92 Å². The lowest BCUT2D eigenvalue weighted by molar-refractivity contribution is -0.137. The van der Waals surface area contributed by atoms with Crippen molar-refractivity contribution in [3.8, 4) is 0 Å². The van der Waals surface area contributed by atoms with Gasteiger partial charge in [-0.15, -0.1) is 0 Å². The lowest BCUT2D eigenvalue weighted by Crippen LogP contribution is -2.47. The standard InChI is InChI=1S/C15H22N2O3/c1-4-11(2)15(3,20)10-16-13(18)14(19)17-12-8-6-5-7-9-12/h5-9,11,20H,4,10H2,1-3H3,(H,16,18)(H,17,19)/t11-,15+/m1/s1. The molecular formula is C15H22N2O3. The van der Waals surface area contributed by atoms with E-state index >= 15 is 0 Å². The number of benzene rings is 1. The van der Waals surface area contributed by atoms with E-state index in [1.165, 1.54) is 0 Å². The van der Waals surface area contributed by atoms with Crippen molar-refractivity contribution in [3.05, 3.63) is 30.3 Å². The van der Waals surface area contributed by atoms with Gasteiger partial charge in [0.2, 0.25) is 0 Å². The Morgan fingerprint density at radius 1 is 1.25 bits per heavy atom. The molecule has 0 fully saturated rings. The van der Waals surface area contributed by atoms with Gasteiger partial charge in [0.25, 0.3) is 0 Å². The normalized spacial score (nSPS) is 15.0. The zero-order chi connectivity index (χ0) is 15.2. The summed E-state index contributed by atoms with van der Waals surface area (Å²) in [5.41, 5.74) is -0.474. The van der Waals surface area contributed by atoms with Crippen molar-refractivity contribution in [2.45, 2.75) is 32.8 Å². The van der Waals surface area contributed by atoms with Crippen molar-refractivity contribution in [3.63, 3.8) is 0 Å². The number of amides is 2. The minimum absolute atomic E-state index is 0.0278. The van der Waals surface area contributed by atoms with Gasteiger partial charge in [-0.05, 0) is 25.0 Å². The minimum Gasteiger partial charge on any atom is -0.388 e. The molecule has 0 aliphatic carbocycles. The number of aliphatic hydroxyl groups is 1. The zero-order valence-corrected chi connectivity index (χ0v) is 12.1. The predicted octanol–water partition coefficient (Wildman–Crippen LogP) is 1.54. The fraction of sp³-hybridized carbons (Fsp3) is 0.467. The van der Waals surface area contributed by atoms with Gasteiger partial charge in [0, 0.05) is 12.2 Å². The van der Waals surface area contributed by atoms with Crippen LogP contribution < -0.4 is 10.6 Å².